The highest BCUT2D eigenvalue weighted by molar-refractivity contribution is 7.09. The molecule has 0 bridgehead atoms. The van der Waals surface area contributed by atoms with Crippen LogP contribution in [-0.2, 0) is 11.2 Å². The highest BCUT2D eigenvalue weighted by Crippen LogP contribution is 2.16. The number of aliphatic carboxylic acids is 1. The number of hydrogen-bond acceptors (Lipinski definition) is 4. The lowest BCUT2D eigenvalue weighted by atomic mass is 10.0. The quantitative estimate of drug-likeness (QED) is 0.850. The van der Waals surface area contributed by atoms with Gasteiger partial charge in [0.1, 0.15) is 17.6 Å². The van der Waals surface area contributed by atoms with Gasteiger partial charge in [-0.05, 0) is 23.6 Å². The summed E-state index contributed by atoms with van der Waals surface area (Å²) in [4.78, 5) is 27.4. The van der Waals surface area contributed by atoms with Gasteiger partial charge in [-0.2, -0.15) is 0 Å². The monoisotopic (exact) mass is 336 g/mol. The van der Waals surface area contributed by atoms with Crippen LogP contribution in [0.15, 0.2) is 29.6 Å². The van der Waals surface area contributed by atoms with Gasteiger partial charge >= 0.3 is 5.97 Å². The Morgan fingerprint density at radius 1 is 1.30 bits per heavy atom. The van der Waals surface area contributed by atoms with Crippen LogP contribution in [0.25, 0.3) is 0 Å². The SMILES string of the molecule is CC(C)[C@@H](NC(=O)c1csc(Cc2ccc(F)cc2)n1)C(=O)O. The average molecular weight is 336 g/mol. The van der Waals surface area contributed by atoms with Gasteiger partial charge in [0.05, 0.1) is 5.01 Å². The first-order chi connectivity index (χ1) is 10.9. The van der Waals surface area contributed by atoms with E-state index in [0.29, 0.717) is 11.4 Å². The summed E-state index contributed by atoms with van der Waals surface area (Å²) in [7, 11) is 0. The van der Waals surface area contributed by atoms with E-state index in [4.69, 9.17) is 5.11 Å². The molecule has 0 spiro atoms. The van der Waals surface area contributed by atoms with Gasteiger partial charge in [-0.15, -0.1) is 11.3 Å². The molecule has 0 saturated heterocycles. The van der Waals surface area contributed by atoms with Gasteiger partial charge < -0.3 is 10.4 Å². The molecular formula is C16H17FN2O3S. The van der Waals surface area contributed by atoms with Gasteiger partial charge in [0.25, 0.3) is 5.91 Å². The molecule has 0 saturated carbocycles. The van der Waals surface area contributed by atoms with Crippen molar-refractivity contribution in [2.45, 2.75) is 26.3 Å². The average Bonchev–Trinajstić information content (AvgIpc) is 2.95. The van der Waals surface area contributed by atoms with E-state index in [0.717, 1.165) is 5.56 Å². The van der Waals surface area contributed by atoms with Crippen LogP contribution in [-0.4, -0.2) is 28.0 Å². The molecule has 122 valence electrons. The van der Waals surface area contributed by atoms with Crippen LogP contribution in [0, 0.1) is 11.7 Å². The van der Waals surface area contributed by atoms with Gasteiger partial charge in [-0.25, -0.2) is 14.2 Å². The summed E-state index contributed by atoms with van der Waals surface area (Å²) in [5, 5.41) is 13.9. The second-order valence-electron chi connectivity index (χ2n) is 5.46. The number of carbonyl (C=O) groups excluding carboxylic acids is 1. The number of nitrogens with one attached hydrogen (secondary N) is 1. The fourth-order valence-corrected chi connectivity index (χ4v) is 2.81. The van der Waals surface area contributed by atoms with Crippen molar-refractivity contribution in [2.24, 2.45) is 5.92 Å². The summed E-state index contributed by atoms with van der Waals surface area (Å²) >= 11 is 1.31. The molecule has 1 heterocycles. The zero-order chi connectivity index (χ0) is 17.0. The maximum atomic E-state index is 12.9. The third-order valence-corrected chi connectivity index (χ3v) is 4.12. The minimum absolute atomic E-state index is 0.194. The number of thiazole rings is 1. The van der Waals surface area contributed by atoms with E-state index in [1.165, 1.54) is 23.5 Å². The first kappa shape index (κ1) is 17.1. The van der Waals surface area contributed by atoms with Crippen molar-refractivity contribution in [2.75, 3.05) is 0 Å². The van der Waals surface area contributed by atoms with Gasteiger partial charge in [-0.3, -0.25) is 4.79 Å². The van der Waals surface area contributed by atoms with Crippen molar-refractivity contribution in [3.05, 3.63) is 51.7 Å². The Balaban J connectivity index is 2.04. The molecule has 1 atom stereocenters. The zero-order valence-corrected chi connectivity index (χ0v) is 13.6. The highest BCUT2D eigenvalue weighted by atomic mass is 32.1. The molecule has 23 heavy (non-hydrogen) atoms. The Bertz CT molecular complexity index is 698. The molecule has 2 aromatic rings. The van der Waals surface area contributed by atoms with Crippen molar-refractivity contribution in [3.63, 3.8) is 0 Å². The van der Waals surface area contributed by atoms with Crippen molar-refractivity contribution in [1.29, 1.82) is 0 Å². The van der Waals surface area contributed by atoms with Gasteiger partial charge in [0.2, 0.25) is 0 Å². The lowest BCUT2D eigenvalue weighted by molar-refractivity contribution is -0.140. The van der Waals surface area contributed by atoms with Crippen molar-refractivity contribution < 1.29 is 19.1 Å². The summed E-state index contributed by atoms with van der Waals surface area (Å²) < 4.78 is 12.9. The maximum Gasteiger partial charge on any atom is 0.326 e. The third-order valence-electron chi connectivity index (χ3n) is 3.27. The standard InChI is InChI=1S/C16H17FN2O3S/c1-9(2)14(16(21)22)19-15(20)12-8-23-13(18-12)7-10-3-5-11(17)6-4-10/h3-6,8-9,14H,7H2,1-2H3,(H,19,20)(H,21,22)/t14-/m1/s1. The molecule has 2 N–H and O–H groups in total. The molecule has 5 nitrogen and oxygen atoms in total. The molecule has 2 rings (SSSR count). The molecule has 7 heteroatoms. The number of amides is 1. The van der Waals surface area contributed by atoms with E-state index in [1.807, 2.05) is 0 Å². The molecule has 0 radical (unpaired) electrons. The molecule has 0 unspecified atom stereocenters. The minimum Gasteiger partial charge on any atom is -0.480 e. The number of rotatable bonds is 6. The number of aromatic nitrogens is 1. The van der Waals surface area contributed by atoms with E-state index < -0.39 is 17.9 Å². The molecule has 0 aliphatic heterocycles. The largest absolute Gasteiger partial charge is 0.480 e. The van der Waals surface area contributed by atoms with Gasteiger partial charge in [-0.1, -0.05) is 26.0 Å². The molecule has 1 aromatic heterocycles. The van der Waals surface area contributed by atoms with E-state index in [-0.39, 0.29) is 17.4 Å². The van der Waals surface area contributed by atoms with Crippen LogP contribution in [0.2, 0.25) is 0 Å². The Kier molecular flexibility index (Phi) is 5.44. The lowest BCUT2D eigenvalue weighted by Crippen LogP contribution is -2.44. The summed E-state index contributed by atoms with van der Waals surface area (Å²) in [6, 6.07) is 5.11. The van der Waals surface area contributed by atoms with Crippen molar-refractivity contribution in [3.8, 4) is 0 Å². The minimum atomic E-state index is -1.07. The summed E-state index contributed by atoms with van der Waals surface area (Å²) in [6.45, 7) is 3.44. The molecule has 0 aliphatic carbocycles. The number of carbonyl (C=O) groups is 2. The zero-order valence-electron chi connectivity index (χ0n) is 12.7. The van der Waals surface area contributed by atoms with Gasteiger partial charge in [0.15, 0.2) is 0 Å². The molecule has 1 amide bonds. The van der Waals surface area contributed by atoms with Crippen LogP contribution in [0.3, 0.4) is 0 Å². The predicted octanol–water partition coefficient (Wildman–Crippen LogP) is 2.71. The summed E-state index contributed by atoms with van der Waals surface area (Å²) in [5.74, 6) is -2.11. The van der Waals surface area contributed by atoms with Crippen LogP contribution in [0.1, 0.15) is 34.9 Å². The number of hydrogen-bond donors (Lipinski definition) is 2. The normalized spacial score (nSPS) is 12.2. The number of nitrogens with zero attached hydrogens (tertiary/aromatic N) is 1. The molecule has 1 aromatic carbocycles. The molecular weight excluding hydrogens is 319 g/mol. The third kappa shape index (κ3) is 4.59. The van der Waals surface area contributed by atoms with Crippen LogP contribution in [0.5, 0.6) is 0 Å². The first-order valence-electron chi connectivity index (χ1n) is 7.09. The van der Waals surface area contributed by atoms with E-state index in [9.17, 15) is 14.0 Å². The van der Waals surface area contributed by atoms with Crippen LogP contribution >= 0.6 is 11.3 Å². The lowest BCUT2D eigenvalue weighted by Gasteiger charge is -2.16. The van der Waals surface area contributed by atoms with Crippen LogP contribution in [0.4, 0.5) is 4.39 Å². The van der Waals surface area contributed by atoms with E-state index in [1.54, 1.807) is 31.4 Å². The molecule has 0 aliphatic rings. The van der Waals surface area contributed by atoms with Crippen molar-refractivity contribution in [1.82, 2.24) is 10.3 Å². The fourth-order valence-electron chi connectivity index (χ4n) is 2.00. The Labute approximate surface area is 137 Å². The Hall–Kier alpha value is -2.28. The summed E-state index contributed by atoms with van der Waals surface area (Å²) in [5.41, 5.74) is 1.08. The maximum absolute atomic E-state index is 12.9. The number of carboxylic acid groups (broad SMARTS) is 1. The fraction of sp³-hybridized carbons (Fsp3) is 0.312. The van der Waals surface area contributed by atoms with Gasteiger partial charge in [0, 0.05) is 11.8 Å². The van der Waals surface area contributed by atoms with E-state index in [2.05, 4.69) is 10.3 Å². The Morgan fingerprint density at radius 2 is 1.96 bits per heavy atom. The van der Waals surface area contributed by atoms with E-state index >= 15 is 0 Å². The van der Waals surface area contributed by atoms with Crippen molar-refractivity contribution >= 4 is 23.2 Å². The second-order valence-corrected chi connectivity index (χ2v) is 6.41. The smallest absolute Gasteiger partial charge is 0.326 e. The predicted molar refractivity (Wildman–Crippen MR) is 85.0 cm³/mol. The number of carboxylic acids is 1. The Morgan fingerprint density at radius 3 is 2.52 bits per heavy atom. The summed E-state index contributed by atoms with van der Waals surface area (Å²) in [6.07, 6.45) is 0.491. The number of halogens is 1. The highest BCUT2D eigenvalue weighted by Gasteiger charge is 2.24. The topological polar surface area (TPSA) is 79.3 Å². The second kappa shape index (κ2) is 7.32. The number of benzene rings is 1. The van der Waals surface area contributed by atoms with Crippen LogP contribution < -0.4 is 5.32 Å². The first-order valence-corrected chi connectivity index (χ1v) is 7.97. The molecule has 0 fully saturated rings.